The van der Waals surface area contributed by atoms with Crippen LogP contribution in [0.1, 0.15) is 19.5 Å². The Bertz CT molecular complexity index is 561. The first-order chi connectivity index (χ1) is 8.08. The van der Waals surface area contributed by atoms with E-state index in [0.717, 1.165) is 22.3 Å². The van der Waals surface area contributed by atoms with Gasteiger partial charge in [-0.3, -0.25) is 9.78 Å². The van der Waals surface area contributed by atoms with Gasteiger partial charge in [-0.05, 0) is 31.2 Å². The molecule has 0 fully saturated rings. The van der Waals surface area contributed by atoms with E-state index >= 15 is 0 Å². The van der Waals surface area contributed by atoms with Crippen LogP contribution in [0.4, 0.5) is 5.69 Å². The minimum atomic E-state index is -0.0244. The summed E-state index contributed by atoms with van der Waals surface area (Å²) in [5.41, 5.74) is 2.71. The van der Waals surface area contributed by atoms with Crippen molar-refractivity contribution in [3.8, 4) is 0 Å². The van der Waals surface area contributed by atoms with Crippen LogP contribution >= 0.6 is 0 Å². The highest BCUT2D eigenvalue weighted by molar-refractivity contribution is 6.01. The predicted octanol–water partition coefficient (Wildman–Crippen LogP) is 3.14. The minimum Gasteiger partial charge on any atom is -0.325 e. The van der Waals surface area contributed by atoms with Crippen LogP contribution in [0.2, 0.25) is 0 Å². The summed E-state index contributed by atoms with van der Waals surface area (Å²) < 4.78 is 0. The maximum atomic E-state index is 11.7. The molecular formula is C14H16N2O. The van der Waals surface area contributed by atoms with E-state index in [1.807, 2.05) is 51.1 Å². The van der Waals surface area contributed by atoms with Crippen LogP contribution in [0, 0.1) is 12.8 Å². The Morgan fingerprint density at radius 2 is 2.00 bits per heavy atom. The third-order valence-corrected chi connectivity index (χ3v) is 2.65. The second-order valence-corrected chi connectivity index (χ2v) is 4.47. The maximum absolute atomic E-state index is 11.7. The Morgan fingerprint density at radius 3 is 2.71 bits per heavy atom. The summed E-state index contributed by atoms with van der Waals surface area (Å²) in [6.07, 6.45) is 0. The summed E-state index contributed by atoms with van der Waals surface area (Å²) in [5.74, 6) is 0.00161. The number of pyridine rings is 1. The summed E-state index contributed by atoms with van der Waals surface area (Å²) in [6, 6.07) is 9.71. The third-order valence-electron chi connectivity index (χ3n) is 2.65. The molecule has 2 aromatic rings. The van der Waals surface area contributed by atoms with Crippen LogP contribution in [0.25, 0.3) is 10.9 Å². The third kappa shape index (κ3) is 2.44. The second-order valence-electron chi connectivity index (χ2n) is 4.47. The van der Waals surface area contributed by atoms with Gasteiger partial charge in [0.15, 0.2) is 0 Å². The van der Waals surface area contributed by atoms with Crippen molar-refractivity contribution in [1.29, 1.82) is 0 Å². The molecule has 88 valence electrons. The van der Waals surface area contributed by atoms with E-state index < -0.39 is 0 Å². The van der Waals surface area contributed by atoms with E-state index in [1.165, 1.54) is 0 Å². The molecule has 0 aliphatic rings. The zero-order valence-corrected chi connectivity index (χ0v) is 10.3. The van der Waals surface area contributed by atoms with Gasteiger partial charge in [0.25, 0.3) is 0 Å². The molecule has 0 atom stereocenters. The number of nitrogens with one attached hydrogen (secondary N) is 1. The van der Waals surface area contributed by atoms with Gasteiger partial charge < -0.3 is 5.32 Å². The van der Waals surface area contributed by atoms with E-state index in [-0.39, 0.29) is 11.8 Å². The molecule has 3 heteroatoms. The van der Waals surface area contributed by atoms with E-state index in [2.05, 4.69) is 10.3 Å². The minimum absolute atomic E-state index is 0.0244. The van der Waals surface area contributed by atoms with Gasteiger partial charge in [-0.15, -0.1) is 0 Å². The number of hydrogen-bond donors (Lipinski definition) is 1. The number of aromatic nitrogens is 1. The number of hydrogen-bond acceptors (Lipinski definition) is 2. The molecule has 0 saturated carbocycles. The molecule has 17 heavy (non-hydrogen) atoms. The zero-order valence-electron chi connectivity index (χ0n) is 10.3. The number of benzene rings is 1. The highest BCUT2D eigenvalue weighted by Gasteiger charge is 2.09. The number of amides is 1. The summed E-state index contributed by atoms with van der Waals surface area (Å²) in [6.45, 7) is 5.71. The Morgan fingerprint density at radius 1 is 1.24 bits per heavy atom. The fourth-order valence-electron chi connectivity index (χ4n) is 1.64. The van der Waals surface area contributed by atoms with Gasteiger partial charge in [0.05, 0.1) is 11.2 Å². The Kier molecular flexibility index (Phi) is 3.09. The molecule has 1 N–H and O–H groups in total. The number of aryl methyl sites for hydroxylation is 1. The fraction of sp³-hybridized carbons (Fsp3) is 0.286. The summed E-state index contributed by atoms with van der Waals surface area (Å²) in [5, 5.41) is 3.90. The van der Waals surface area contributed by atoms with Crippen LogP contribution in [0.15, 0.2) is 30.3 Å². The number of rotatable bonds is 2. The quantitative estimate of drug-likeness (QED) is 0.858. The average molecular weight is 228 g/mol. The maximum Gasteiger partial charge on any atom is 0.226 e. The lowest BCUT2D eigenvalue weighted by atomic mass is 10.1. The van der Waals surface area contributed by atoms with Crippen molar-refractivity contribution in [1.82, 2.24) is 4.98 Å². The highest BCUT2D eigenvalue weighted by Crippen LogP contribution is 2.22. The molecule has 3 nitrogen and oxygen atoms in total. The molecule has 1 heterocycles. The van der Waals surface area contributed by atoms with Gasteiger partial charge in [-0.2, -0.15) is 0 Å². The van der Waals surface area contributed by atoms with Gasteiger partial charge in [0.2, 0.25) is 5.91 Å². The number of anilines is 1. The van der Waals surface area contributed by atoms with Crippen molar-refractivity contribution in [2.45, 2.75) is 20.8 Å². The Hall–Kier alpha value is -1.90. The first-order valence-corrected chi connectivity index (χ1v) is 5.75. The topological polar surface area (TPSA) is 42.0 Å². The molecule has 2 rings (SSSR count). The molecular weight excluding hydrogens is 212 g/mol. The van der Waals surface area contributed by atoms with Gasteiger partial charge in [0, 0.05) is 17.0 Å². The van der Waals surface area contributed by atoms with Crippen LogP contribution in [0.5, 0.6) is 0 Å². The van der Waals surface area contributed by atoms with Crippen molar-refractivity contribution in [3.05, 3.63) is 36.0 Å². The lowest BCUT2D eigenvalue weighted by molar-refractivity contribution is -0.118. The van der Waals surface area contributed by atoms with Crippen LogP contribution < -0.4 is 5.32 Å². The molecule has 0 saturated heterocycles. The molecule has 0 radical (unpaired) electrons. The van der Waals surface area contributed by atoms with Crippen molar-refractivity contribution < 1.29 is 4.79 Å². The molecule has 0 bridgehead atoms. The first kappa shape index (κ1) is 11.6. The number of carbonyl (C=O) groups excluding carboxylic acids is 1. The van der Waals surface area contributed by atoms with Crippen molar-refractivity contribution in [2.24, 2.45) is 5.92 Å². The molecule has 0 aliphatic carbocycles. The summed E-state index contributed by atoms with van der Waals surface area (Å²) >= 11 is 0. The van der Waals surface area contributed by atoms with Gasteiger partial charge >= 0.3 is 0 Å². The van der Waals surface area contributed by atoms with Crippen LogP contribution in [-0.2, 0) is 4.79 Å². The average Bonchev–Trinajstić information content (AvgIpc) is 2.28. The Labute approximate surface area is 101 Å². The molecule has 0 unspecified atom stereocenters. The number of fused-ring (bicyclic) bond motifs is 1. The Balaban J connectivity index is 2.44. The van der Waals surface area contributed by atoms with Gasteiger partial charge in [-0.1, -0.05) is 19.9 Å². The smallest absolute Gasteiger partial charge is 0.226 e. The largest absolute Gasteiger partial charge is 0.325 e. The molecule has 0 spiro atoms. The predicted molar refractivity (Wildman–Crippen MR) is 69.9 cm³/mol. The monoisotopic (exact) mass is 228 g/mol. The molecule has 0 aliphatic heterocycles. The first-order valence-electron chi connectivity index (χ1n) is 5.75. The lowest BCUT2D eigenvalue weighted by Gasteiger charge is -2.10. The van der Waals surface area contributed by atoms with E-state index in [1.54, 1.807) is 0 Å². The fourth-order valence-corrected chi connectivity index (χ4v) is 1.64. The van der Waals surface area contributed by atoms with Crippen molar-refractivity contribution >= 4 is 22.5 Å². The molecule has 1 aromatic heterocycles. The standard InChI is InChI=1S/C14H16N2O/c1-9(2)14(17)16-13-6-4-5-12-11(13)8-7-10(3)15-12/h4-9H,1-3H3,(H,16,17). The van der Waals surface area contributed by atoms with Crippen molar-refractivity contribution in [2.75, 3.05) is 5.32 Å². The highest BCUT2D eigenvalue weighted by atomic mass is 16.1. The van der Waals surface area contributed by atoms with E-state index in [9.17, 15) is 4.79 Å². The SMILES string of the molecule is Cc1ccc2c(NC(=O)C(C)C)cccc2n1. The van der Waals surface area contributed by atoms with E-state index in [0.29, 0.717) is 0 Å². The van der Waals surface area contributed by atoms with E-state index in [4.69, 9.17) is 0 Å². The second kappa shape index (κ2) is 4.53. The lowest BCUT2D eigenvalue weighted by Crippen LogP contribution is -2.17. The molecule has 1 amide bonds. The van der Waals surface area contributed by atoms with Crippen LogP contribution in [0.3, 0.4) is 0 Å². The van der Waals surface area contributed by atoms with Gasteiger partial charge in [0.1, 0.15) is 0 Å². The summed E-state index contributed by atoms with van der Waals surface area (Å²) in [4.78, 5) is 16.1. The zero-order chi connectivity index (χ0) is 12.4. The van der Waals surface area contributed by atoms with Crippen molar-refractivity contribution in [3.63, 3.8) is 0 Å². The normalized spacial score (nSPS) is 10.8. The molecule has 1 aromatic carbocycles. The summed E-state index contributed by atoms with van der Waals surface area (Å²) in [7, 11) is 0. The number of nitrogens with zero attached hydrogens (tertiary/aromatic N) is 1. The van der Waals surface area contributed by atoms with Crippen LogP contribution in [-0.4, -0.2) is 10.9 Å². The van der Waals surface area contributed by atoms with Gasteiger partial charge in [-0.25, -0.2) is 0 Å². The number of carbonyl (C=O) groups is 1.